The van der Waals surface area contributed by atoms with Crippen molar-refractivity contribution >= 4 is 40.1 Å². The number of ether oxygens (including phenoxy) is 1. The predicted octanol–water partition coefficient (Wildman–Crippen LogP) is 7.54. The van der Waals surface area contributed by atoms with Gasteiger partial charge in [0.15, 0.2) is 0 Å². The van der Waals surface area contributed by atoms with Crippen LogP contribution in [0.25, 0.3) is 10.9 Å². The third-order valence-corrected chi connectivity index (χ3v) is 7.62. The lowest BCUT2D eigenvalue weighted by atomic mass is 9.73. The van der Waals surface area contributed by atoms with Crippen LogP contribution in [0.2, 0.25) is 10.0 Å². The Hall–Kier alpha value is -2.01. The van der Waals surface area contributed by atoms with E-state index in [1.54, 1.807) is 18.2 Å². The highest BCUT2D eigenvalue weighted by Crippen LogP contribution is 2.35. The van der Waals surface area contributed by atoms with Gasteiger partial charge in [-0.05, 0) is 75.8 Å². The summed E-state index contributed by atoms with van der Waals surface area (Å²) in [7, 11) is 0. The largest absolute Gasteiger partial charge is 0.454 e. The molecule has 1 aliphatic carbocycles. The minimum Gasteiger partial charge on any atom is -0.454 e. The van der Waals surface area contributed by atoms with E-state index in [9.17, 15) is 4.79 Å². The number of aromatic amines is 1. The standard InChI is InChI=1S/C27H32Cl2N2O2/c1-16-25(26(32)33-17(2)21-11-10-20(28)14-23(21)29)22-13-18(9-12-24(22)31-16)15-27(3,30)19-7-5-4-6-8-19/h9-14,17,19,31H,4-8,15,30H2,1-3H3. The van der Waals surface area contributed by atoms with Crippen molar-refractivity contribution in [3.63, 3.8) is 0 Å². The normalized spacial score (nSPS) is 17.6. The van der Waals surface area contributed by atoms with Crippen LogP contribution < -0.4 is 5.73 Å². The highest BCUT2D eigenvalue weighted by atomic mass is 35.5. The summed E-state index contributed by atoms with van der Waals surface area (Å²) in [6, 6.07) is 11.4. The van der Waals surface area contributed by atoms with Crippen molar-refractivity contribution in [3.8, 4) is 0 Å². The van der Waals surface area contributed by atoms with E-state index in [0.717, 1.165) is 34.1 Å². The Labute approximate surface area is 205 Å². The van der Waals surface area contributed by atoms with Crippen molar-refractivity contribution in [3.05, 3.63) is 68.8 Å². The number of carbonyl (C=O) groups excluding carboxylic acids is 1. The Morgan fingerprint density at radius 3 is 2.61 bits per heavy atom. The van der Waals surface area contributed by atoms with Crippen LogP contribution in [0.4, 0.5) is 0 Å². The minimum absolute atomic E-state index is 0.264. The monoisotopic (exact) mass is 486 g/mol. The second-order valence-corrected chi connectivity index (χ2v) is 10.6. The number of carbonyl (C=O) groups is 1. The fourth-order valence-electron chi connectivity index (χ4n) is 5.21. The number of esters is 1. The zero-order valence-corrected chi connectivity index (χ0v) is 21.0. The van der Waals surface area contributed by atoms with Crippen LogP contribution in [-0.2, 0) is 11.2 Å². The van der Waals surface area contributed by atoms with Gasteiger partial charge >= 0.3 is 5.97 Å². The Kier molecular flexibility index (Phi) is 7.09. The number of hydrogen-bond acceptors (Lipinski definition) is 3. The summed E-state index contributed by atoms with van der Waals surface area (Å²) in [6.07, 6.45) is 6.50. The summed E-state index contributed by atoms with van der Waals surface area (Å²) in [5.41, 5.74) is 10.7. The van der Waals surface area contributed by atoms with Crippen LogP contribution in [0.3, 0.4) is 0 Å². The second-order valence-electron chi connectivity index (χ2n) is 9.74. The number of fused-ring (bicyclic) bond motifs is 1. The molecule has 1 saturated carbocycles. The summed E-state index contributed by atoms with van der Waals surface area (Å²) in [5, 5.41) is 1.89. The maximum atomic E-state index is 13.2. The number of nitrogens with two attached hydrogens (primary N) is 1. The summed E-state index contributed by atoms with van der Waals surface area (Å²) in [5.74, 6) is 0.154. The predicted molar refractivity (Wildman–Crippen MR) is 136 cm³/mol. The van der Waals surface area contributed by atoms with Gasteiger partial charge in [-0.15, -0.1) is 0 Å². The van der Waals surface area contributed by atoms with Crippen molar-refractivity contribution in [1.29, 1.82) is 0 Å². The molecule has 0 saturated heterocycles. The molecule has 0 aliphatic heterocycles. The van der Waals surface area contributed by atoms with Gasteiger partial charge in [0.05, 0.1) is 5.56 Å². The Bertz CT molecular complexity index is 1160. The molecular weight excluding hydrogens is 455 g/mol. The first-order valence-electron chi connectivity index (χ1n) is 11.7. The summed E-state index contributed by atoms with van der Waals surface area (Å²) in [4.78, 5) is 16.5. The van der Waals surface area contributed by atoms with Crippen LogP contribution in [0.15, 0.2) is 36.4 Å². The van der Waals surface area contributed by atoms with E-state index in [2.05, 4.69) is 24.0 Å². The van der Waals surface area contributed by atoms with E-state index in [1.165, 1.54) is 32.1 Å². The van der Waals surface area contributed by atoms with Gasteiger partial charge in [-0.1, -0.05) is 54.6 Å². The third-order valence-electron chi connectivity index (χ3n) is 7.06. The topological polar surface area (TPSA) is 68.1 Å². The third kappa shape index (κ3) is 5.24. The zero-order valence-electron chi connectivity index (χ0n) is 19.5. The number of aromatic nitrogens is 1. The molecule has 176 valence electrons. The average molecular weight is 487 g/mol. The number of nitrogens with one attached hydrogen (secondary N) is 1. The van der Waals surface area contributed by atoms with Gasteiger partial charge in [0.2, 0.25) is 0 Å². The van der Waals surface area contributed by atoms with Crippen molar-refractivity contribution in [2.75, 3.05) is 0 Å². The van der Waals surface area contributed by atoms with Gasteiger partial charge in [-0.3, -0.25) is 0 Å². The zero-order chi connectivity index (χ0) is 23.8. The lowest BCUT2D eigenvalue weighted by Crippen LogP contribution is -2.47. The van der Waals surface area contributed by atoms with Crippen LogP contribution in [0.1, 0.15) is 79.2 Å². The van der Waals surface area contributed by atoms with Crippen molar-refractivity contribution in [2.45, 2.75) is 70.9 Å². The number of aryl methyl sites for hydroxylation is 1. The number of hydrogen-bond donors (Lipinski definition) is 2. The molecule has 1 aliphatic rings. The summed E-state index contributed by atoms with van der Waals surface area (Å²) >= 11 is 12.3. The van der Waals surface area contributed by atoms with E-state index in [1.807, 2.05) is 19.9 Å². The molecule has 1 heterocycles. The molecule has 3 aromatic rings. The Morgan fingerprint density at radius 1 is 1.18 bits per heavy atom. The first-order valence-corrected chi connectivity index (χ1v) is 12.5. The molecule has 2 aromatic carbocycles. The van der Waals surface area contributed by atoms with Gasteiger partial charge in [0.1, 0.15) is 6.10 Å². The van der Waals surface area contributed by atoms with E-state index in [0.29, 0.717) is 21.5 Å². The molecule has 6 heteroatoms. The van der Waals surface area contributed by atoms with Crippen molar-refractivity contribution < 1.29 is 9.53 Å². The molecule has 2 unspecified atom stereocenters. The Morgan fingerprint density at radius 2 is 1.91 bits per heavy atom. The molecule has 0 amide bonds. The van der Waals surface area contributed by atoms with Gasteiger partial charge in [-0.25, -0.2) is 4.79 Å². The molecule has 2 atom stereocenters. The number of H-pyrrole nitrogens is 1. The minimum atomic E-state index is -0.506. The first-order chi connectivity index (χ1) is 15.7. The van der Waals surface area contributed by atoms with E-state index in [-0.39, 0.29) is 11.5 Å². The van der Waals surface area contributed by atoms with Crippen molar-refractivity contribution in [1.82, 2.24) is 4.98 Å². The number of halogens is 2. The smallest absolute Gasteiger partial charge is 0.341 e. The molecule has 1 aromatic heterocycles. The summed E-state index contributed by atoms with van der Waals surface area (Å²) in [6.45, 7) is 5.88. The fourth-order valence-corrected chi connectivity index (χ4v) is 5.77. The lowest BCUT2D eigenvalue weighted by Gasteiger charge is -2.37. The van der Waals surface area contributed by atoms with Crippen LogP contribution in [0, 0.1) is 12.8 Å². The molecule has 0 radical (unpaired) electrons. The number of benzene rings is 2. The maximum Gasteiger partial charge on any atom is 0.341 e. The van der Waals surface area contributed by atoms with Crippen LogP contribution >= 0.6 is 23.2 Å². The second kappa shape index (κ2) is 9.69. The van der Waals surface area contributed by atoms with Crippen molar-refractivity contribution in [2.24, 2.45) is 11.7 Å². The van der Waals surface area contributed by atoms with Crippen LogP contribution in [0.5, 0.6) is 0 Å². The van der Waals surface area contributed by atoms with Gasteiger partial charge in [0, 0.05) is 37.7 Å². The molecule has 1 fully saturated rings. The molecule has 4 rings (SSSR count). The van der Waals surface area contributed by atoms with Gasteiger partial charge in [0.25, 0.3) is 0 Å². The van der Waals surface area contributed by atoms with Crippen LogP contribution in [-0.4, -0.2) is 16.5 Å². The molecule has 0 bridgehead atoms. The molecule has 0 spiro atoms. The molecule has 4 nitrogen and oxygen atoms in total. The maximum absolute atomic E-state index is 13.2. The fraction of sp³-hybridized carbons (Fsp3) is 0.444. The highest BCUT2D eigenvalue weighted by Gasteiger charge is 2.31. The van der Waals surface area contributed by atoms with E-state index in [4.69, 9.17) is 33.7 Å². The Balaban J connectivity index is 1.58. The summed E-state index contributed by atoms with van der Waals surface area (Å²) < 4.78 is 5.82. The molecule has 33 heavy (non-hydrogen) atoms. The van der Waals surface area contributed by atoms with E-state index < -0.39 is 6.10 Å². The van der Waals surface area contributed by atoms with Gasteiger partial charge in [-0.2, -0.15) is 0 Å². The molecular formula is C27H32Cl2N2O2. The van der Waals surface area contributed by atoms with Gasteiger partial charge < -0.3 is 15.5 Å². The molecule has 3 N–H and O–H groups in total. The lowest BCUT2D eigenvalue weighted by molar-refractivity contribution is 0.0340. The first kappa shape index (κ1) is 24.1. The SMILES string of the molecule is Cc1[nH]c2ccc(CC(C)(N)C3CCCCC3)cc2c1C(=O)OC(C)c1ccc(Cl)cc1Cl. The average Bonchev–Trinajstić information content (AvgIpc) is 3.09. The van der Waals surface area contributed by atoms with E-state index >= 15 is 0 Å². The number of rotatable bonds is 6. The quantitative estimate of drug-likeness (QED) is 0.353. The highest BCUT2D eigenvalue weighted by molar-refractivity contribution is 6.35.